The fraction of sp³-hybridized carbons (Fsp3) is 0.0588. The van der Waals surface area contributed by atoms with Gasteiger partial charge in [0.1, 0.15) is 0 Å². The van der Waals surface area contributed by atoms with Crippen LogP contribution >= 0.6 is 0 Å². The summed E-state index contributed by atoms with van der Waals surface area (Å²) in [5.41, 5.74) is 9.02. The van der Waals surface area contributed by atoms with Gasteiger partial charge in [-0.3, -0.25) is 9.78 Å². The van der Waals surface area contributed by atoms with Gasteiger partial charge in [0, 0.05) is 29.2 Å². The Morgan fingerprint density at radius 1 is 1.10 bits per heavy atom. The van der Waals surface area contributed by atoms with Crippen molar-refractivity contribution in [1.29, 1.82) is 0 Å². The second-order valence-electron chi connectivity index (χ2n) is 4.77. The summed E-state index contributed by atoms with van der Waals surface area (Å²) in [6.45, 7) is 0.458. The fourth-order valence-corrected chi connectivity index (χ4v) is 2.34. The number of allylic oxidation sites excluding steroid dienone is 2. The topological polar surface area (TPSA) is 59.2 Å². The second kappa shape index (κ2) is 5.63. The first-order valence-corrected chi connectivity index (χ1v) is 6.69. The number of nitrogens with zero attached hydrogens (tertiary/aromatic N) is 2. The minimum absolute atomic E-state index is 0.391. The van der Waals surface area contributed by atoms with Crippen molar-refractivity contribution in [3.05, 3.63) is 78.1 Å². The molecule has 1 amide bonds. The lowest BCUT2D eigenvalue weighted by atomic mass is 10.0. The van der Waals surface area contributed by atoms with Crippen molar-refractivity contribution in [2.45, 2.75) is 0 Å². The highest BCUT2D eigenvalue weighted by atomic mass is 16.1. The molecule has 0 atom stereocenters. The van der Waals surface area contributed by atoms with E-state index in [0.29, 0.717) is 12.1 Å². The van der Waals surface area contributed by atoms with Crippen LogP contribution in [0.25, 0.3) is 5.70 Å². The predicted molar refractivity (Wildman–Crippen MR) is 83.3 cm³/mol. The molecular formula is C17H15N3O. The first-order chi connectivity index (χ1) is 10.3. The summed E-state index contributed by atoms with van der Waals surface area (Å²) in [7, 11) is 0. The molecule has 0 saturated heterocycles. The van der Waals surface area contributed by atoms with Gasteiger partial charge in [0.15, 0.2) is 0 Å². The number of para-hydroxylation sites is 1. The smallest absolute Gasteiger partial charge is 0.246 e. The van der Waals surface area contributed by atoms with Gasteiger partial charge in [0.05, 0.1) is 12.2 Å². The van der Waals surface area contributed by atoms with Crippen molar-refractivity contribution in [1.82, 2.24) is 4.98 Å². The minimum atomic E-state index is -0.391. The highest BCUT2D eigenvalue weighted by Crippen LogP contribution is 2.29. The van der Waals surface area contributed by atoms with Gasteiger partial charge in [0.2, 0.25) is 5.91 Å². The number of pyridine rings is 1. The number of hydrogen-bond donors (Lipinski definition) is 1. The Kier molecular flexibility index (Phi) is 3.51. The van der Waals surface area contributed by atoms with Gasteiger partial charge in [-0.05, 0) is 36.4 Å². The third-order valence-electron chi connectivity index (χ3n) is 3.40. The monoisotopic (exact) mass is 277 g/mol. The molecule has 0 saturated carbocycles. The molecule has 1 aromatic carbocycles. The molecule has 0 spiro atoms. The van der Waals surface area contributed by atoms with Crippen LogP contribution in [0.4, 0.5) is 5.69 Å². The molecule has 2 heterocycles. The molecule has 1 aliphatic heterocycles. The van der Waals surface area contributed by atoms with Crippen molar-refractivity contribution in [2.75, 3.05) is 11.4 Å². The summed E-state index contributed by atoms with van der Waals surface area (Å²) in [6, 6.07) is 13.8. The number of primary amides is 1. The Balaban J connectivity index is 2.06. The molecule has 4 nitrogen and oxygen atoms in total. The van der Waals surface area contributed by atoms with Crippen LogP contribution in [0.2, 0.25) is 0 Å². The van der Waals surface area contributed by atoms with Gasteiger partial charge in [-0.15, -0.1) is 0 Å². The highest BCUT2D eigenvalue weighted by Gasteiger charge is 2.20. The Labute approximate surface area is 123 Å². The molecule has 3 rings (SSSR count). The fourth-order valence-electron chi connectivity index (χ4n) is 2.34. The molecule has 4 heteroatoms. The van der Waals surface area contributed by atoms with E-state index in [2.05, 4.69) is 9.88 Å². The van der Waals surface area contributed by atoms with Gasteiger partial charge in [-0.2, -0.15) is 0 Å². The average molecular weight is 277 g/mol. The van der Waals surface area contributed by atoms with E-state index in [0.717, 1.165) is 16.9 Å². The lowest BCUT2D eigenvalue weighted by molar-refractivity contribution is -0.114. The zero-order chi connectivity index (χ0) is 14.7. The van der Waals surface area contributed by atoms with E-state index in [1.807, 2.05) is 54.7 Å². The molecule has 2 aromatic rings. The normalized spacial score (nSPS) is 14.4. The molecule has 0 radical (unpaired) electrons. The van der Waals surface area contributed by atoms with Crippen LogP contribution in [-0.4, -0.2) is 17.4 Å². The molecule has 21 heavy (non-hydrogen) atoms. The summed E-state index contributed by atoms with van der Waals surface area (Å²) >= 11 is 0. The van der Waals surface area contributed by atoms with Gasteiger partial charge >= 0.3 is 0 Å². The van der Waals surface area contributed by atoms with Gasteiger partial charge in [-0.25, -0.2) is 0 Å². The van der Waals surface area contributed by atoms with E-state index in [9.17, 15) is 4.79 Å². The average Bonchev–Trinajstić information content (AvgIpc) is 2.56. The summed E-state index contributed by atoms with van der Waals surface area (Å²) in [5, 5.41) is 0. The maximum Gasteiger partial charge on any atom is 0.246 e. The van der Waals surface area contributed by atoms with Crippen LogP contribution in [0.3, 0.4) is 0 Å². The predicted octanol–water partition coefficient (Wildman–Crippen LogP) is 2.35. The van der Waals surface area contributed by atoms with E-state index in [4.69, 9.17) is 5.73 Å². The number of benzene rings is 1. The third-order valence-corrected chi connectivity index (χ3v) is 3.40. The van der Waals surface area contributed by atoms with E-state index in [1.54, 1.807) is 12.3 Å². The number of amides is 1. The van der Waals surface area contributed by atoms with Crippen LogP contribution in [0.15, 0.2) is 72.6 Å². The van der Waals surface area contributed by atoms with Crippen molar-refractivity contribution in [3.63, 3.8) is 0 Å². The van der Waals surface area contributed by atoms with E-state index < -0.39 is 5.91 Å². The molecule has 0 fully saturated rings. The lowest BCUT2D eigenvalue weighted by Crippen LogP contribution is -2.31. The van der Waals surface area contributed by atoms with Crippen LogP contribution in [0, 0.1) is 0 Å². The number of anilines is 1. The number of rotatable bonds is 3. The van der Waals surface area contributed by atoms with Crippen LogP contribution < -0.4 is 10.6 Å². The zero-order valence-corrected chi connectivity index (χ0v) is 11.4. The first kappa shape index (κ1) is 13.1. The maximum absolute atomic E-state index is 11.5. The lowest BCUT2D eigenvalue weighted by Gasteiger charge is -2.30. The Bertz CT molecular complexity index is 705. The van der Waals surface area contributed by atoms with Crippen LogP contribution in [0.5, 0.6) is 0 Å². The summed E-state index contributed by atoms with van der Waals surface area (Å²) in [5.74, 6) is -0.391. The van der Waals surface area contributed by atoms with Gasteiger partial charge in [0.25, 0.3) is 0 Å². The van der Waals surface area contributed by atoms with Crippen molar-refractivity contribution >= 4 is 17.3 Å². The Morgan fingerprint density at radius 2 is 1.90 bits per heavy atom. The zero-order valence-electron chi connectivity index (χ0n) is 11.4. The Hall–Kier alpha value is -2.88. The number of nitrogens with two attached hydrogens (primary N) is 1. The molecule has 104 valence electrons. The van der Waals surface area contributed by atoms with Gasteiger partial charge < -0.3 is 10.6 Å². The molecular weight excluding hydrogens is 262 g/mol. The van der Waals surface area contributed by atoms with Crippen molar-refractivity contribution in [3.8, 4) is 0 Å². The third kappa shape index (κ3) is 2.69. The molecule has 0 aliphatic carbocycles. The molecule has 0 bridgehead atoms. The summed E-state index contributed by atoms with van der Waals surface area (Å²) in [6.07, 6.45) is 7.24. The standard InChI is InChI=1S/C17H15N3O/c18-17(21)14-8-9-16(13-5-4-10-19-11-13)20(12-14)15-6-2-1-3-7-15/h1-11H,12H2,(H2,18,21). The number of carbonyl (C=O) groups excluding carboxylic acids is 1. The maximum atomic E-state index is 11.5. The van der Waals surface area contributed by atoms with Crippen molar-refractivity contribution in [2.24, 2.45) is 5.73 Å². The highest BCUT2D eigenvalue weighted by molar-refractivity contribution is 5.96. The molecule has 1 aromatic heterocycles. The molecule has 1 aliphatic rings. The largest absolute Gasteiger partial charge is 0.366 e. The summed E-state index contributed by atoms with van der Waals surface area (Å²) < 4.78 is 0. The van der Waals surface area contributed by atoms with Crippen LogP contribution in [0.1, 0.15) is 5.56 Å². The summed E-state index contributed by atoms with van der Waals surface area (Å²) in [4.78, 5) is 17.7. The number of carbonyl (C=O) groups is 1. The SMILES string of the molecule is NC(=O)C1=CC=C(c2cccnc2)N(c2ccccc2)C1. The Morgan fingerprint density at radius 3 is 2.57 bits per heavy atom. The number of aromatic nitrogens is 1. The molecule has 2 N–H and O–H groups in total. The van der Waals surface area contributed by atoms with E-state index >= 15 is 0 Å². The molecule has 0 unspecified atom stereocenters. The first-order valence-electron chi connectivity index (χ1n) is 6.69. The van der Waals surface area contributed by atoms with Crippen LogP contribution in [-0.2, 0) is 4.79 Å². The minimum Gasteiger partial charge on any atom is -0.366 e. The van der Waals surface area contributed by atoms with Gasteiger partial charge in [-0.1, -0.05) is 18.2 Å². The second-order valence-corrected chi connectivity index (χ2v) is 4.77. The van der Waals surface area contributed by atoms with E-state index in [1.165, 1.54) is 0 Å². The number of hydrogen-bond acceptors (Lipinski definition) is 3. The van der Waals surface area contributed by atoms with Crippen molar-refractivity contribution < 1.29 is 4.79 Å². The quantitative estimate of drug-likeness (QED) is 0.937. The van der Waals surface area contributed by atoms with E-state index in [-0.39, 0.29) is 0 Å².